The van der Waals surface area contributed by atoms with Gasteiger partial charge in [0.1, 0.15) is 41.4 Å². The Kier molecular flexibility index (Phi) is 4.79. The Morgan fingerprint density at radius 1 is 1.22 bits per heavy atom. The topological polar surface area (TPSA) is 95.0 Å². The van der Waals surface area contributed by atoms with Crippen LogP contribution in [0.3, 0.4) is 0 Å². The normalized spacial score (nSPS) is 21.4. The van der Waals surface area contributed by atoms with Gasteiger partial charge < -0.3 is 20.1 Å². The number of nitrogen functional groups attached to an aromatic ring is 1. The number of alkyl halides is 4. The predicted octanol–water partition coefficient (Wildman–Crippen LogP) is 4.36. The highest BCUT2D eigenvalue weighted by Gasteiger charge is 2.46. The van der Waals surface area contributed by atoms with Crippen LogP contribution in [0.5, 0.6) is 11.5 Å². The van der Waals surface area contributed by atoms with Crippen molar-refractivity contribution in [3.05, 3.63) is 59.5 Å². The summed E-state index contributed by atoms with van der Waals surface area (Å²) in [4.78, 5) is 23.7. The van der Waals surface area contributed by atoms with E-state index in [4.69, 9.17) is 10.5 Å². The highest BCUT2D eigenvalue weighted by molar-refractivity contribution is 5.98. The zero-order valence-corrected chi connectivity index (χ0v) is 18.8. The molecule has 1 saturated heterocycles. The minimum Gasteiger partial charge on any atom is -0.487 e. The highest BCUT2D eigenvalue weighted by atomic mass is 19.4. The number of aryl methyl sites for hydroxylation is 1. The third-order valence-electron chi connectivity index (χ3n) is 6.56. The lowest BCUT2D eigenvalue weighted by Crippen LogP contribution is -2.49. The molecule has 2 aliphatic rings. The summed E-state index contributed by atoms with van der Waals surface area (Å²) in [5.41, 5.74) is 9.34. The molecule has 2 aliphatic heterocycles. The first kappa shape index (κ1) is 22.4. The first-order valence-corrected chi connectivity index (χ1v) is 11.1. The molecule has 0 unspecified atom stereocenters. The first-order valence-electron chi connectivity index (χ1n) is 11.1. The molecule has 2 aromatic heterocycles. The maximum atomic E-state index is 14.7. The molecule has 36 heavy (non-hydrogen) atoms. The Balaban J connectivity index is 1.39. The number of nitrogens with zero attached hydrogens (tertiary/aromatic N) is 4. The second kappa shape index (κ2) is 7.70. The molecule has 12 heteroatoms. The molecule has 2 N–H and O–H groups in total. The Bertz CT molecular complexity index is 1540. The Morgan fingerprint density at radius 2 is 2.03 bits per heavy atom. The highest BCUT2D eigenvalue weighted by Crippen LogP contribution is 2.47. The van der Waals surface area contributed by atoms with E-state index in [0.717, 1.165) is 12.1 Å². The van der Waals surface area contributed by atoms with E-state index in [1.165, 1.54) is 11.0 Å². The molecule has 8 nitrogen and oxygen atoms in total. The fourth-order valence-corrected chi connectivity index (χ4v) is 5.12. The van der Waals surface area contributed by atoms with Gasteiger partial charge in [0, 0.05) is 23.6 Å². The molecule has 3 atom stereocenters. The lowest BCUT2D eigenvalue weighted by Gasteiger charge is -2.38. The average Bonchev–Trinajstić information content (AvgIpc) is 3.37. The van der Waals surface area contributed by atoms with E-state index in [0.29, 0.717) is 39.2 Å². The number of imidazole rings is 1. The molecule has 0 bridgehead atoms. The summed E-state index contributed by atoms with van der Waals surface area (Å²) in [6.45, 7) is 1.62. The standard InChI is InChI=1S/C24H19F4N5O3/c1-11-20-22(29)31-16-5-2-12(6-17(16)33(20)10-30-11)23(34)32-9-13(25)7-19-21(32)15-4-3-14(8-18(15)35-19)36-24(26,27)28/h2-6,8,10,13,19,21H,7,9H2,1H3,(H2,29,31)/t13-,19-,21-/m0/s1. The van der Waals surface area contributed by atoms with E-state index >= 15 is 0 Å². The molecule has 1 fully saturated rings. The van der Waals surface area contributed by atoms with Gasteiger partial charge in [-0.15, -0.1) is 13.2 Å². The van der Waals surface area contributed by atoms with Crippen LogP contribution in [0, 0.1) is 6.92 Å². The second-order valence-corrected chi connectivity index (χ2v) is 8.89. The number of benzene rings is 2. The maximum Gasteiger partial charge on any atom is 0.573 e. The number of likely N-dealkylation sites (tertiary alicyclic amines) is 1. The number of aromatic nitrogens is 3. The van der Waals surface area contributed by atoms with E-state index in [1.54, 1.807) is 35.9 Å². The molecule has 6 rings (SSSR count). The van der Waals surface area contributed by atoms with Crippen LogP contribution < -0.4 is 15.2 Å². The third-order valence-corrected chi connectivity index (χ3v) is 6.56. The quantitative estimate of drug-likeness (QED) is 0.410. The number of hydrogen-bond acceptors (Lipinski definition) is 6. The van der Waals surface area contributed by atoms with E-state index in [2.05, 4.69) is 14.7 Å². The van der Waals surface area contributed by atoms with Gasteiger partial charge in [-0.25, -0.2) is 14.4 Å². The summed E-state index contributed by atoms with van der Waals surface area (Å²) in [7, 11) is 0. The molecular formula is C24H19F4N5O3. The van der Waals surface area contributed by atoms with E-state index in [-0.39, 0.29) is 18.7 Å². The molecule has 0 radical (unpaired) electrons. The number of carbonyl (C=O) groups excluding carboxylic acids is 1. The predicted molar refractivity (Wildman–Crippen MR) is 120 cm³/mol. The van der Waals surface area contributed by atoms with Gasteiger partial charge in [0.15, 0.2) is 0 Å². The Labute approximate surface area is 201 Å². The van der Waals surface area contributed by atoms with Crippen molar-refractivity contribution in [2.75, 3.05) is 12.3 Å². The molecule has 4 aromatic rings. The van der Waals surface area contributed by atoms with Crippen LogP contribution in [0.25, 0.3) is 16.6 Å². The smallest absolute Gasteiger partial charge is 0.487 e. The summed E-state index contributed by atoms with van der Waals surface area (Å²) >= 11 is 0. The van der Waals surface area contributed by atoms with Gasteiger partial charge in [-0.2, -0.15) is 0 Å². The lowest BCUT2D eigenvalue weighted by atomic mass is 9.92. The van der Waals surface area contributed by atoms with Crippen LogP contribution in [0.15, 0.2) is 42.7 Å². The maximum absolute atomic E-state index is 14.7. The van der Waals surface area contributed by atoms with E-state index < -0.39 is 36.3 Å². The van der Waals surface area contributed by atoms with Gasteiger partial charge in [0.25, 0.3) is 5.91 Å². The summed E-state index contributed by atoms with van der Waals surface area (Å²) in [5, 5.41) is 0. The molecule has 0 saturated carbocycles. The minimum absolute atomic E-state index is 0.00837. The fourth-order valence-electron chi connectivity index (χ4n) is 5.12. The Hall–Kier alpha value is -4.09. The summed E-state index contributed by atoms with van der Waals surface area (Å²) in [6, 6.07) is 7.92. The van der Waals surface area contributed by atoms with Crippen molar-refractivity contribution in [3.63, 3.8) is 0 Å². The van der Waals surface area contributed by atoms with Crippen LogP contribution in [0.4, 0.5) is 23.4 Å². The lowest BCUT2D eigenvalue weighted by molar-refractivity contribution is -0.274. The van der Waals surface area contributed by atoms with Gasteiger partial charge in [-0.3, -0.25) is 9.20 Å². The number of fused-ring (bicyclic) bond motifs is 6. The molecule has 4 heterocycles. The van der Waals surface area contributed by atoms with Gasteiger partial charge >= 0.3 is 6.36 Å². The summed E-state index contributed by atoms with van der Waals surface area (Å²) in [6.07, 6.45) is -5.36. The Morgan fingerprint density at radius 3 is 2.81 bits per heavy atom. The largest absolute Gasteiger partial charge is 0.573 e. The summed E-state index contributed by atoms with van der Waals surface area (Å²) < 4.78 is 64.1. The molecule has 0 aliphatic carbocycles. The fraction of sp³-hybridized carbons (Fsp3) is 0.292. The van der Waals surface area contributed by atoms with Crippen LogP contribution in [0.2, 0.25) is 0 Å². The van der Waals surface area contributed by atoms with Crippen molar-refractivity contribution < 1.29 is 31.8 Å². The SMILES string of the molecule is Cc1ncn2c1c(N)nc1ccc(C(=O)N3C[C@@H](F)C[C@@H]4Oc5cc(OC(F)(F)F)ccc5[C@@H]43)cc12. The van der Waals surface area contributed by atoms with Crippen molar-refractivity contribution in [2.24, 2.45) is 0 Å². The molecule has 0 spiro atoms. The second-order valence-electron chi connectivity index (χ2n) is 8.89. The average molecular weight is 501 g/mol. The van der Waals surface area contributed by atoms with Crippen LogP contribution >= 0.6 is 0 Å². The molecule has 1 amide bonds. The molecule has 186 valence electrons. The van der Waals surface area contributed by atoms with Crippen LogP contribution in [-0.2, 0) is 0 Å². The number of carbonyl (C=O) groups is 1. The number of amides is 1. The zero-order valence-electron chi connectivity index (χ0n) is 18.8. The van der Waals surface area contributed by atoms with Gasteiger partial charge in [0.2, 0.25) is 0 Å². The number of nitrogens with two attached hydrogens (primary N) is 1. The van der Waals surface area contributed by atoms with E-state index in [1.807, 2.05) is 0 Å². The number of rotatable bonds is 2. The third kappa shape index (κ3) is 3.55. The number of hydrogen-bond donors (Lipinski definition) is 1. The van der Waals surface area contributed by atoms with Gasteiger partial charge in [0.05, 0.1) is 29.3 Å². The zero-order chi connectivity index (χ0) is 25.4. The van der Waals surface area contributed by atoms with Crippen LogP contribution in [0.1, 0.15) is 34.1 Å². The van der Waals surface area contributed by atoms with E-state index in [9.17, 15) is 22.4 Å². The van der Waals surface area contributed by atoms with Gasteiger partial charge in [-0.05, 0) is 37.3 Å². The molecular weight excluding hydrogens is 482 g/mol. The van der Waals surface area contributed by atoms with Crippen molar-refractivity contribution in [2.45, 2.75) is 38.0 Å². The number of piperidine rings is 1. The van der Waals surface area contributed by atoms with Crippen molar-refractivity contribution in [1.29, 1.82) is 0 Å². The van der Waals surface area contributed by atoms with Crippen LogP contribution in [-0.4, -0.2) is 50.4 Å². The van der Waals surface area contributed by atoms with Crippen molar-refractivity contribution >= 4 is 28.3 Å². The number of ether oxygens (including phenoxy) is 2. The summed E-state index contributed by atoms with van der Waals surface area (Å²) in [5.74, 6) is -0.449. The minimum atomic E-state index is -4.86. The molecule has 2 aromatic carbocycles. The monoisotopic (exact) mass is 501 g/mol. The number of anilines is 1. The van der Waals surface area contributed by atoms with Gasteiger partial charge in [-0.1, -0.05) is 0 Å². The van der Waals surface area contributed by atoms with Crippen molar-refractivity contribution in [1.82, 2.24) is 19.3 Å². The first-order chi connectivity index (χ1) is 17.1. The number of halogens is 4. The van der Waals surface area contributed by atoms with Crippen molar-refractivity contribution in [3.8, 4) is 11.5 Å².